The number of fused-ring (bicyclic) bond motifs is 5. The van der Waals surface area contributed by atoms with Crippen LogP contribution >= 0.6 is 0 Å². The van der Waals surface area contributed by atoms with E-state index in [1.807, 2.05) is 13.0 Å². The Morgan fingerprint density at radius 2 is 1.91 bits per heavy atom. The number of rotatable bonds is 10. The van der Waals surface area contributed by atoms with E-state index in [9.17, 15) is 45.2 Å². The summed E-state index contributed by atoms with van der Waals surface area (Å²) in [6, 6.07) is 2.54. The van der Waals surface area contributed by atoms with Crippen LogP contribution in [0.2, 0.25) is 0 Å². The topological polar surface area (TPSA) is 222 Å². The molecule has 0 aromatic heterocycles. The number of benzene rings is 1. The van der Waals surface area contributed by atoms with Gasteiger partial charge >= 0.3 is 5.97 Å². The molecular formula is C33H44N3O11-. The van der Waals surface area contributed by atoms with E-state index >= 15 is 0 Å². The zero-order chi connectivity index (χ0) is 34.3. The van der Waals surface area contributed by atoms with Crippen molar-refractivity contribution in [1.82, 2.24) is 5.32 Å². The summed E-state index contributed by atoms with van der Waals surface area (Å²) >= 11 is 0. The number of carbonyl (C=O) groups excluding carboxylic acids is 3. The van der Waals surface area contributed by atoms with Crippen LogP contribution in [0.25, 0.3) is 0 Å². The number of methoxy groups -OCH3 is 1. The number of oxime groups is 1. The molecule has 1 aromatic carbocycles. The van der Waals surface area contributed by atoms with Crippen LogP contribution in [0.3, 0.4) is 0 Å². The molecule has 0 aliphatic heterocycles. The Balaban J connectivity index is 1.23. The van der Waals surface area contributed by atoms with Gasteiger partial charge in [0.05, 0.1) is 24.6 Å². The number of aliphatic hydroxyl groups is 3. The zero-order valence-corrected chi connectivity index (χ0v) is 26.8. The third-order valence-corrected chi connectivity index (χ3v) is 11.5. The molecule has 14 heteroatoms. The second-order valence-electron chi connectivity index (χ2n) is 13.9. The number of aliphatic hydroxyl groups excluding tert-OH is 2. The van der Waals surface area contributed by atoms with Gasteiger partial charge in [0.25, 0.3) is 5.91 Å². The molecular weight excluding hydrogens is 614 g/mol. The van der Waals surface area contributed by atoms with Gasteiger partial charge in [-0.25, -0.2) is 4.79 Å². The fourth-order valence-electron chi connectivity index (χ4n) is 9.19. The lowest BCUT2D eigenvalue weighted by atomic mass is 9.45. The number of esters is 1. The average Bonchev–Trinajstić information content (AvgIpc) is 3.30. The van der Waals surface area contributed by atoms with E-state index in [0.717, 1.165) is 31.6 Å². The van der Waals surface area contributed by atoms with Gasteiger partial charge in [0.15, 0.2) is 12.4 Å². The highest BCUT2D eigenvalue weighted by Crippen LogP contribution is 2.67. The molecule has 3 fully saturated rings. The van der Waals surface area contributed by atoms with E-state index in [-0.39, 0.29) is 47.7 Å². The normalized spacial score (nSPS) is 34.3. The second-order valence-corrected chi connectivity index (χ2v) is 13.9. The molecule has 8 unspecified atom stereocenters. The minimum Gasteiger partial charge on any atom is -0.871 e. The Labute approximate surface area is 272 Å². The lowest BCUT2D eigenvalue weighted by molar-refractivity contribution is -0.268. The van der Waals surface area contributed by atoms with Crippen LogP contribution < -0.4 is 15.6 Å². The summed E-state index contributed by atoms with van der Waals surface area (Å²) in [5.41, 5.74) is -1.03. The minimum atomic E-state index is -1.64. The van der Waals surface area contributed by atoms with Crippen LogP contribution in [0, 0.1) is 28.6 Å². The van der Waals surface area contributed by atoms with Crippen molar-refractivity contribution in [1.29, 1.82) is 0 Å². The number of allylic oxidation sites excluding steroid dienone is 2. The summed E-state index contributed by atoms with van der Waals surface area (Å²) in [6.07, 6.45) is 5.15. The van der Waals surface area contributed by atoms with E-state index < -0.39 is 65.5 Å². The molecule has 6 N–H and O–H groups in total. The monoisotopic (exact) mass is 658 g/mol. The van der Waals surface area contributed by atoms with Crippen LogP contribution in [0.1, 0.15) is 64.4 Å². The van der Waals surface area contributed by atoms with Crippen molar-refractivity contribution in [3.05, 3.63) is 35.4 Å². The third-order valence-electron chi connectivity index (χ3n) is 11.5. The number of hydrogen-bond acceptors (Lipinski definition) is 13. The van der Waals surface area contributed by atoms with Gasteiger partial charge in [-0.05, 0) is 85.8 Å². The molecule has 0 saturated heterocycles. The molecule has 14 nitrogen and oxygen atoms in total. The van der Waals surface area contributed by atoms with Crippen molar-refractivity contribution in [2.45, 2.75) is 83.0 Å². The first-order valence-corrected chi connectivity index (χ1v) is 16.0. The van der Waals surface area contributed by atoms with Crippen LogP contribution in [0.15, 0.2) is 35.0 Å². The number of anilines is 1. The third kappa shape index (κ3) is 6.13. The van der Waals surface area contributed by atoms with Gasteiger partial charge in [-0.2, -0.15) is 0 Å². The molecule has 0 radical (unpaired) electrons. The number of carbonyl (C=O) groups is 3. The standard InChI is InChI=1S/C33H45N3O11/c1-31-10-8-20(35-47-17-28(41)34-23(30(42)46-3)12-18-4-7-25(38)24(13-18)36(44)45)14-19(31)5-6-21-22-9-11-33(43,27(40)16-37)32(22,2)15-26(39)29(21)31/h4,7,13-14,21-23,26,29,37-39,43-45H,5-6,8-12,15-17H2,1-3H3,(H,34,41)/p-1. The maximum Gasteiger partial charge on any atom is 0.328 e. The molecule has 4 aliphatic rings. The van der Waals surface area contributed by atoms with E-state index in [1.165, 1.54) is 12.1 Å². The minimum absolute atomic E-state index is 0.0488. The summed E-state index contributed by atoms with van der Waals surface area (Å²) in [7, 11) is 1.16. The summed E-state index contributed by atoms with van der Waals surface area (Å²) < 4.78 is 4.79. The second kappa shape index (κ2) is 13.2. The van der Waals surface area contributed by atoms with Gasteiger partial charge in [-0.15, -0.1) is 5.23 Å². The SMILES string of the molecule is COC(=O)C(Cc1ccc([O-])c(N(O)O)c1)NC(=O)CON=C1C=C2CCC3C(C(O)CC4(C)C3CCC4(O)C(=O)CO)C2(C)CC1. The lowest BCUT2D eigenvalue weighted by Crippen LogP contribution is -2.62. The molecule has 0 heterocycles. The predicted octanol–water partition coefficient (Wildman–Crippen LogP) is 1.14. The van der Waals surface area contributed by atoms with Gasteiger partial charge in [-0.3, -0.25) is 20.0 Å². The van der Waals surface area contributed by atoms with Crippen molar-refractivity contribution >= 4 is 29.1 Å². The highest BCUT2D eigenvalue weighted by Gasteiger charge is 2.68. The highest BCUT2D eigenvalue weighted by atomic mass is 16.8. The number of ketones is 1. The van der Waals surface area contributed by atoms with E-state index in [1.54, 1.807) is 0 Å². The Morgan fingerprint density at radius 3 is 2.60 bits per heavy atom. The lowest BCUT2D eigenvalue weighted by Gasteiger charge is -2.60. The first kappa shape index (κ1) is 34.8. The molecule has 8 atom stereocenters. The van der Waals surface area contributed by atoms with Crippen LogP contribution in [0.5, 0.6) is 5.75 Å². The Kier molecular flexibility index (Phi) is 9.73. The molecule has 3 saturated carbocycles. The molecule has 4 aliphatic carbocycles. The van der Waals surface area contributed by atoms with Crippen molar-refractivity contribution < 1.29 is 54.8 Å². The van der Waals surface area contributed by atoms with Crippen LogP contribution in [-0.2, 0) is 30.4 Å². The first-order valence-electron chi connectivity index (χ1n) is 16.0. The molecule has 1 amide bonds. The molecule has 0 bridgehead atoms. The largest absolute Gasteiger partial charge is 0.871 e. The number of hydrogen-bond donors (Lipinski definition) is 6. The quantitative estimate of drug-likeness (QED) is 0.154. The number of Topliss-reactive ketones (excluding diaryl/α,β-unsaturated/α-hetero) is 1. The van der Waals surface area contributed by atoms with Crippen molar-refractivity contribution in [3.8, 4) is 5.75 Å². The Hall–Kier alpha value is -3.56. The number of nitrogens with one attached hydrogen (secondary N) is 1. The molecule has 0 spiro atoms. The molecule has 1 aromatic rings. The first-order chi connectivity index (χ1) is 22.2. The molecule has 47 heavy (non-hydrogen) atoms. The van der Waals surface area contributed by atoms with E-state index in [2.05, 4.69) is 17.4 Å². The molecule has 5 rings (SSSR count). The van der Waals surface area contributed by atoms with Crippen molar-refractivity contribution in [3.63, 3.8) is 0 Å². The summed E-state index contributed by atoms with van der Waals surface area (Å²) in [6.45, 7) is 2.84. The highest BCUT2D eigenvalue weighted by molar-refractivity contribution is 5.96. The zero-order valence-electron chi connectivity index (χ0n) is 26.8. The van der Waals surface area contributed by atoms with Gasteiger partial charge in [-0.1, -0.05) is 42.5 Å². The smallest absolute Gasteiger partial charge is 0.328 e. The van der Waals surface area contributed by atoms with Crippen LogP contribution in [-0.4, -0.2) is 87.2 Å². The van der Waals surface area contributed by atoms with E-state index in [0.29, 0.717) is 30.5 Å². The molecule has 258 valence electrons. The predicted molar refractivity (Wildman–Crippen MR) is 163 cm³/mol. The fraction of sp³-hybridized carbons (Fsp3) is 0.636. The van der Waals surface area contributed by atoms with Gasteiger partial charge in [0, 0.05) is 11.8 Å². The van der Waals surface area contributed by atoms with E-state index in [4.69, 9.17) is 9.57 Å². The number of ether oxygens (including phenoxy) is 1. The Morgan fingerprint density at radius 1 is 1.17 bits per heavy atom. The number of nitrogens with zero attached hydrogens (tertiary/aromatic N) is 2. The van der Waals surface area contributed by atoms with Crippen LogP contribution in [0.4, 0.5) is 5.69 Å². The van der Waals surface area contributed by atoms with Gasteiger partial charge in [0.1, 0.15) is 18.2 Å². The maximum absolute atomic E-state index is 12.7. The van der Waals surface area contributed by atoms with Crippen molar-refractivity contribution in [2.24, 2.45) is 33.7 Å². The van der Waals surface area contributed by atoms with Crippen molar-refractivity contribution in [2.75, 3.05) is 25.6 Å². The maximum atomic E-state index is 12.7. The van der Waals surface area contributed by atoms with Gasteiger partial charge < -0.3 is 35.3 Å². The van der Waals surface area contributed by atoms with Gasteiger partial charge in [0.2, 0.25) is 0 Å². The number of amides is 1. The summed E-state index contributed by atoms with van der Waals surface area (Å²) in [4.78, 5) is 43.1. The Bertz CT molecular complexity index is 1460. The fourth-order valence-corrected chi connectivity index (χ4v) is 9.19. The summed E-state index contributed by atoms with van der Waals surface area (Å²) in [5, 5.41) is 69.3. The summed E-state index contributed by atoms with van der Waals surface area (Å²) in [5.74, 6) is -2.51. The average molecular weight is 659 g/mol.